The molecular weight excluding hydrogens is 746 g/mol. The number of halogens is 1. The van der Waals surface area contributed by atoms with Gasteiger partial charge in [-0.2, -0.15) is 10.4 Å². The van der Waals surface area contributed by atoms with E-state index < -0.39 is 16.9 Å². The number of carbonyl (C=O) groups is 3. The normalized spacial score (nSPS) is 22.8. The predicted octanol–water partition coefficient (Wildman–Crippen LogP) is 5.36. The van der Waals surface area contributed by atoms with Crippen molar-refractivity contribution < 1.29 is 19.1 Å². The van der Waals surface area contributed by atoms with Gasteiger partial charge in [-0.25, -0.2) is 19.7 Å². The van der Waals surface area contributed by atoms with E-state index in [2.05, 4.69) is 73.8 Å². The van der Waals surface area contributed by atoms with E-state index in [0.717, 1.165) is 75.0 Å². The van der Waals surface area contributed by atoms with Crippen molar-refractivity contribution in [2.75, 3.05) is 49.1 Å². The van der Waals surface area contributed by atoms with Gasteiger partial charge in [0.1, 0.15) is 23.7 Å². The Balaban J connectivity index is 0.800. The van der Waals surface area contributed by atoms with Gasteiger partial charge in [-0.1, -0.05) is 39.3 Å². The molecule has 15 nitrogen and oxygen atoms in total. The number of hydrogen-bond donors (Lipinski definition) is 2. The lowest BCUT2D eigenvalue weighted by molar-refractivity contribution is -0.164. The van der Waals surface area contributed by atoms with E-state index in [4.69, 9.17) is 21.4 Å². The second-order valence-electron chi connectivity index (χ2n) is 16.9. The molecule has 0 unspecified atom stereocenters. The van der Waals surface area contributed by atoms with E-state index >= 15 is 0 Å². The second-order valence-corrected chi connectivity index (χ2v) is 17.3. The number of fused-ring (bicyclic) bond motifs is 1. The van der Waals surface area contributed by atoms with Gasteiger partial charge >= 0.3 is 6.03 Å². The van der Waals surface area contributed by atoms with Gasteiger partial charge < -0.3 is 19.9 Å². The molecule has 298 valence electrons. The lowest BCUT2D eigenvalue weighted by Crippen LogP contribution is -2.74. The van der Waals surface area contributed by atoms with Gasteiger partial charge in [0.15, 0.2) is 0 Å². The molecule has 0 spiro atoms. The summed E-state index contributed by atoms with van der Waals surface area (Å²) in [6.07, 6.45) is 11.2. The Morgan fingerprint density at radius 1 is 0.982 bits per heavy atom. The Morgan fingerprint density at radius 3 is 2.37 bits per heavy atom. The lowest BCUT2D eigenvalue weighted by Gasteiger charge is -2.63. The van der Waals surface area contributed by atoms with Crippen molar-refractivity contribution in [2.45, 2.75) is 78.0 Å². The summed E-state index contributed by atoms with van der Waals surface area (Å²) in [6.45, 7) is 13.4. The molecule has 4 aliphatic rings. The number of ether oxygens (including phenoxy) is 1. The van der Waals surface area contributed by atoms with Crippen LogP contribution in [-0.4, -0.2) is 98.9 Å². The molecule has 0 bridgehead atoms. The van der Waals surface area contributed by atoms with Crippen LogP contribution in [0.1, 0.15) is 82.0 Å². The topological polar surface area (TPSA) is 174 Å². The zero-order valence-electron chi connectivity index (χ0n) is 32.7. The number of rotatable bonds is 9. The Morgan fingerprint density at radius 2 is 1.70 bits per heavy atom. The van der Waals surface area contributed by atoms with E-state index in [-0.39, 0.29) is 42.2 Å². The van der Waals surface area contributed by atoms with Crippen LogP contribution < -0.4 is 25.2 Å². The minimum absolute atomic E-state index is 0.138. The van der Waals surface area contributed by atoms with Crippen LogP contribution >= 0.6 is 11.6 Å². The van der Waals surface area contributed by atoms with Crippen LogP contribution in [0.15, 0.2) is 49.1 Å². The second kappa shape index (κ2) is 15.2. The number of aromatic nitrogens is 5. The van der Waals surface area contributed by atoms with Crippen molar-refractivity contribution in [3.63, 3.8) is 0 Å². The molecule has 3 aliphatic heterocycles. The molecule has 4 amide bonds. The maximum atomic E-state index is 13.4. The number of pyridine rings is 1. The van der Waals surface area contributed by atoms with E-state index in [1.165, 1.54) is 4.90 Å². The van der Waals surface area contributed by atoms with Crippen molar-refractivity contribution in [1.29, 1.82) is 5.26 Å². The number of nitrogens with zero attached hydrogens (tertiary/aromatic N) is 9. The first-order valence-electron chi connectivity index (χ1n) is 19.7. The lowest BCUT2D eigenvalue weighted by atomic mass is 9.49. The number of likely N-dealkylation sites (tertiary alicyclic amines) is 1. The number of imide groups is 1. The maximum Gasteiger partial charge on any atom is 0.329 e. The SMILES string of the molecule is CC1(C)C(NC(=O)c2ncc(N3CCC(CN4CCC(n5ncc6c(N7CCC(=O)NC7=O)nccc65)CC4)CC3)cn2)C(C)(C)C1Oc1ccc(C#N)c(Cl)c1. The van der Waals surface area contributed by atoms with Gasteiger partial charge in [0.25, 0.3) is 5.91 Å². The molecule has 16 heteroatoms. The van der Waals surface area contributed by atoms with E-state index in [9.17, 15) is 19.6 Å². The van der Waals surface area contributed by atoms with Crippen LogP contribution in [-0.2, 0) is 4.79 Å². The third-order valence-electron chi connectivity index (χ3n) is 12.5. The maximum absolute atomic E-state index is 13.4. The quantitative estimate of drug-likeness (QED) is 0.223. The van der Waals surface area contributed by atoms with Crippen molar-refractivity contribution in [3.05, 3.63) is 65.5 Å². The number of nitriles is 1. The van der Waals surface area contributed by atoms with Gasteiger partial charge in [-0.05, 0) is 49.8 Å². The molecule has 1 aliphatic carbocycles. The van der Waals surface area contributed by atoms with Gasteiger partial charge in [0.2, 0.25) is 11.7 Å². The summed E-state index contributed by atoms with van der Waals surface area (Å²) < 4.78 is 8.44. The smallest absolute Gasteiger partial charge is 0.329 e. The van der Waals surface area contributed by atoms with Crippen LogP contribution in [0, 0.1) is 28.1 Å². The summed E-state index contributed by atoms with van der Waals surface area (Å²) in [6, 6.07) is 8.70. The molecule has 0 atom stereocenters. The molecule has 4 fully saturated rings. The van der Waals surface area contributed by atoms with Crippen molar-refractivity contribution >= 4 is 51.9 Å². The third-order valence-corrected chi connectivity index (χ3v) is 12.8. The first kappa shape index (κ1) is 38.5. The first-order valence-corrected chi connectivity index (χ1v) is 20.1. The molecule has 4 aromatic rings. The number of anilines is 2. The Kier molecular flexibility index (Phi) is 10.3. The molecule has 57 heavy (non-hydrogen) atoms. The largest absolute Gasteiger partial charge is 0.489 e. The standard InChI is InChI=1S/C41H48ClN11O4/c1-40(2)37(41(3,4)38(40)57-29-6-5-26(20-43)31(42)19-29)49-36(55)34-45-21-28(22-46-34)51-16-8-25(9-17-51)24-50-14-10-27(11-15-50)53-32-7-13-44-35(30(32)23-47-53)52-18-12-33(54)48-39(52)56/h5-7,13,19,21-23,25,27,37-38H,8-12,14-18,24H2,1-4H3,(H,49,55)(H,48,54,56). The first-order chi connectivity index (χ1) is 27.3. The summed E-state index contributed by atoms with van der Waals surface area (Å²) in [4.78, 5) is 57.4. The van der Waals surface area contributed by atoms with Gasteiger partial charge in [-0.3, -0.25) is 24.5 Å². The van der Waals surface area contributed by atoms with Crippen LogP contribution in [0.4, 0.5) is 16.3 Å². The zero-order valence-corrected chi connectivity index (χ0v) is 33.5. The molecular formula is C41H48ClN11O4. The van der Waals surface area contributed by atoms with Gasteiger partial charge in [-0.15, -0.1) is 0 Å². The molecule has 2 N–H and O–H groups in total. The summed E-state index contributed by atoms with van der Waals surface area (Å²) in [7, 11) is 0. The van der Waals surface area contributed by atoms with E-state index in [1.807, 2.05) is 6.07 Å². The Hall–Kier alpha value is -5.33. The molecule has 3 saturated heterocycles. The van der Waals surface area contributed by atoms with Crippen molar-refractivity contribution in [3.8, 4) is 11.8 Å². The van der Waals surface area contributed by atoms with Crippen molar-refractivity contribution in [1.82, 2.24) is 40.3 Å². The number of nitrogens with one attached hydrogen (secondary N) is 2. The highest BCUT2D eigenvalue weighted by Gasteiger charge is 2.64. The van der Waals surface area contributed by atoms with Crippen molar-refractivity contribution in [2.24, 2.45) is 16.7 Å². The summed E-state index contributed by atoms with van der Waals surface area (Å²) in [5, 5.41) is 20.7. The number of carbonyl (C=O) groups excluding carboxylic acids is 3. The molecule has 1 aromatic carbocycles. The summed E-state index contributed by atoms with van der Waals surface area (Å²) in [5.41, 5.74) is 1.48. The number of amides is 4. The molecule has 6 heterocycles. The average Bonchev–Trinajstić information content (AvgIpc) is 3.64. The van der Waals surface area contributed by atoms with Crippen LogP contribution in [0.3, 0.4) is 0 Å². The predicted molar refractivity (Wildman–Crippen MR) is 214 cm³/mol. The minimum Gasteiger partial charge on any atom is -0.489 e. The van der Waals surface area contributed by atoms with Crippen LogP contribution in [0.5, 0.6) is 5.75 Å². The average molecular weight is 794 g/mol. The summed E-state index contributed by atoms with van der Waals surface area (Å²) in [5.74, 6) is 1.27. The highest BCUT2D eigenvalue weighted by molar-refractivity contribution is 6.31. The highest BCUT2D eigenvalue weighted by atomic mass is 35.5. The number of hydrogen-bond acceptors (Lipinski definition) is 11. The third kappa shape index (κ3) is 7.36. The number of piperidine rings is 2. The highest BCUT2D eigenvalue weighted by Crippen LogP contribution is 2.55. The zero-order chi connectivity index (χ0) is 40.1. The van der Waals surface area contributed by atoms with Gasteiger partial charge in [0.05, 0.1) is 51.8 Å². The number of benzene rings is 1. The van der Waals surface area contributed by atoms with E-state index in [1.54, 1.807) is 43.0 Å². The molecule has 8 rings (SSSR count). The molecule has 1 saturated carbocycles. The fourth-order valence-electron chi connectivity index (χ4n) is 9.71. The van der Waals surface area contributed by atoms with Crippen LogP contribution in [0.2, 0.25) is 5.02 Å². The van der Waals surface area contributed by atoms with E-state index in [0.29, 0.717) is 34.6 Å². The summed E-state index contributed by atoms with van der Waals surface area (Å²) >= 11 is 6.24. The molecule has 0 radical (unpaired) electrons. The minimum atomic E-state index is -0.446. The monoisotopic (exact) mass is 793 g/mol. The molecule has 3 aromatic heterocycles. The van der Waals surface area contributed by atoms with Crippen LogP contribution in [0.25, 0.3) is 10.9 Å². The number of urea groups is 1. The Bertz CT molecular complexity index is 2200. The fraction of sp³-hybridized carbons (Fsp3) is 0.512. The van der Waals surface area contributed by atoms with Gasteiger partial charge in [0, 0.05) is 74.8 Å². The Labute approximate surface area is 336 Å². The fourth-order valence-corrected chi connectivity index (χ4v) is 9.92.